The summed E-state index contributed by atoms with van der Waals surface area (Å²) < 4.78 is 17.0. The molecule has 1 atom stereocenters. The monoisotopic (exact) mass is 1110 g/mol. The number of carbonyl (C=O) groups is 3. The molecule has 0 aromatic rings. The number of carbonyl (C=O) groups excluding carboxylic acids is 3. The van der Waals surface area contributed by atoms with E-state index in [2.05, 4.69) is 45.1 Å². The number of ether oxygens (including phenoxy) is 3. The van der Waals surface area contributed by atoms with Crippen LogP contribution in [0, 0.1) is 0 Å². The van der Waals surface area contributed by atoms with E-state index in [0.717, 1.165) is 57.8 Å². The van der Waals surface area contributed by atoms with Gasteiger partial charge in [0.15, 0.2) is 6.10 Å². The lowest BCUT2D eigenvalue weighted by Gasteiger charge is -2.18. The summed E-state index contributed by atoms with van der Waals surface area (Å²) in [6.45, 7) is 6.71. The van der Waals surface area contributed by atoms with Gasteiger partial charge in [0.25, 0.3) is 0 Å². The fourth-order valence-corrected chi connectivity index (χ4v) is 11.0. The Kier molecular flexibility index (Phi) is 66.6. The second-order valence-electron chi connectivity index (χ2n) is 24.5. The summed E-state index contributed by atoms with van der Waals surface area (Å²) in [6, 6.07) is 0. The second kappa shape index (κ2) is 68.4. The Balaban J connectivity index is 4.19. The Labute approximate surface area is 493 Å². The van der Waals surface area contributed by atoms with Gasteiger partial charge < -0.3 is 14.2 Å². The molecule has 0 bridgehead atoms. The van der Waals surface area contributed by atoms with Crippen molar-refractivity contribution in [2.24, 2.45) is 0 Å². The third kappa shape index (κ3) is 66.6. The molecular formula is C73H138O6. The number of esters is 3. The Morgan fingerprint density at radius 3 is 0.633 bits per heavy atom. The lowest BCUT2D eigenvalue weighted by molar-refractivity contribution is -0.167. The van der Waals surface area contributed by atoms with Gasteiger partial charge in [0.05, 0.1) is 0 Å². The summed E-state index contributed by atoms with van der Waals surface area (Å²) >= 11 is 0. The number of rotatable bonds is 67. The predicted molar refractivity (Wildman–Crippen MR) is 344 cm³/mol. The van der Waals surface area contributed by atoms with Crippen LogP contribution in [0.15, 0.2) is 24.3 Å². The van der Waals surface area contributed by atoms with Crippen LogP contribution in [0.3, 0.4) is 0 Å². The molecule has 0 rings (SSSR count). The lowest BCUT2D eigenvalue weighted by atomic mass is 10.0. The molecule has 0 radical (unpaired) electrons. The summed E-state index contributed by atoms with van der Waals surface area (Å²) in [5.74, 6) is -0.838. The number of allylic oxidation sites excluding steroid dienone is 4. The van der Waals surface area contributed by atoms with Crippen molar-refractivity contribution in [3.8, 4) is 0 Å². The lowest BCUT2D eigenvalue weighted by Crippen LogP contribution is -2.30. The number of hydrogen-bond acceptors (Lipinski definition) is 6. The molecule has 0 saturated heterocycles. The molecule has 0 aromatic carbocycles. The Bertz CT molecular complexity index is 1270. The van der Waals surface area contributed by atoms with E-state index < -0.39 is 6.10 Å². The van der Waals surface area contributed by atoms with E-state index >= 15 is 0 Å². The maximum atomic E-state index is 12.9. The molecule has 6 heteroatoms. The van der Waals surface area contributed by atoms with E-state index in [-0.39, 0.29) is 31.1 Å². The topological polar surface area (TPSA) is 78.9 Å². The molecule has 0 heterocycles. The van der Waals surface area contributed by atoms with Gasteiger partial charge in [0.2, 0.25) is 0 Å². The maximum Gasteiger partial charge on any atom is 0.306 e. The average Bonchev–Trinajstić information content (AvgIpc) is 3.45. The highest BCUT2D eigenvalue weighted by Gasteiger charge is 2.19. The van der Waals surface area contributed by atoms with E-state index in [4.69, 9.17) is 14.2 Å². The average molecular weight is 1110 g/mol. The van der Waals surface area contributed by atoms with Crippen molar-refractivity contribution >= 4 is 17.9 Å². The third-order valence-electron chi connectivity index (χ3n) is 16.4. The maximum absolute atomic E-state index is 12.9. The van der Waals surface area contributed by atoms with Gasteiger partial charge in [0.1, 0.15) is 13.2 Å². The minimum Gasteiger partial charge on any atom is -0.462 e. The van der Waals surface area contributed by atoms with E-state index in [1.54, 1.807) is 0 Å². The van der Waals surface area contributed by atoms with Crippen molar-refractivity contribution in [1.29, 1.82) is 0 Å². The van der Waals surface area contributed by atoms with Gasteiger partial charge in [-0.1, -0.05) is 340 Å². The smallest absolute Gasteiger partial charge is 0.306 e. The van der Waals surface area contributed by atoms with Gasteiger partial charge in [-0.15, -0.1) is 0 Å². The molecule has 0 aromatic heterocycles. The van der Waals surface area contributed by atoms with Gasteiger partial charge in [0, 0.05) is 19.3 Å². The van der Waals surface area contributed by atoms with Gasteiger partial charge in [-0.2, -0.15) is 0 Å². The number of hydrogen-bond donors (Lipinski definition) is 0. The molecule has 466 valence electrons. The Morgan fingerprint density at radius 2 is 0.418 bits per heavy atom. The normalized spacial score (nSPS) is 12.1. The highest BCUT2D eigenvalue weighted by atomic mass is 16.6. The first-order chi connectivity index (χ1) is 39.0. The van der Waals surface area contributed by atoms with Crippen LogP contribution >= 0.6 is 0 Å². The minimum atomic E-state index is -0.770. The third-order valence-corrected chi connectivity index (χ3v) is 16.4. The first kappa shape index (κ1) is 76.9. The zero-order chi connectivity index (χ0) is 57.1. The summed E-state index contributed by atoms with van der Waals surface area (Å²) in [7, 11) is 0. The molecule has 0 amide bonds. The Morgan fingerprint density at radius 1 is 0.241 bits per heavy atom. The predicted octanol–water partition coefficient (Wildman–Crippen LogP) is 24.6. The highest BCUT2D eigenvalue weighted by Crippen LogP contribution is 2.19. The summed E-state index contributed by atoms with van der Waals surface area (Å²) in [4.78, 5) is 38.4. The van der Waals surface area contributed by atoms with Crippen molar-refractivity contribution in [2.75, 3.05) is 13.2 Å². The largest absolute Gasteiger partial charge is 0.462 e. The SMILES string of the molecule is CCCCCCCC/C=C\CCCCCCCCCC(=O)OC(COC(=O)CCCCCCCCCCCCCCCCC)COC(=O)CCCCCCCCCCCCCCCCCCC/C=C\CCCCCCCCCC. The molecular weight excluding hydrogens is 973 g/mol. The summed E-state index contributed by atoms with van der Waals surface area (Å²) in [6.07, 6.45) is 83.5. The van der Waals surface area contributed by atoms with Crippen LogP contribution < -0.4 is 0 Å². The zero-order valence-electron chi connectivity index (χ0n) is 53.7. The standard InChI is InChI=1S/C73H138O6/c1-4-7-10-13-16-19-22-25-28-30-31-32-33-34-35-36-37-38-39-40-41-43-45-48-51-54-57-60-63-66-72(75)78-69-70(68-77-71(74)65-62-59-56-53-50-47-44-27-24-21-18-15-12-9-6-3)79-73(76)67-64-61-58-55-52-49-46-42-29-26-23-20-17-14-11-8-5-2/h26,29-31,70H,4-25,27-28,32-69H2,1-3H3/b29-26-,31-30-. The van der Waals surface area contributed by atoms with Gasteiger partial charge in [-0.3, -0.25) is 14.4 Å². The molecule has 79 heavy (non-hydrogen) atoms. The van der Waals surface area contributed by atoms with Gasteiger partial charge in [-0.25, -0.2) is 0 Å². The van der Waals surface area contributed by atoms with Crippen molar-refractivity contribution in [3.63, 3.8) is 0 Å². The van der Waals surface area contributed by atoms with Crippen LogP contribution in [0.5, 0.6) is 0 Å². The minimum absolute atomic E-state index is 0.0666. The molecule has 1 unspecified atom stereocenters. The fourth-order valence-electron chi connectivity index (χ4n) is 11.0. The molecule has 6 nitrogen and oxygen atoms in total. The molecule has 0 spiro atoms. The van der Waals surface area contributed by atoms with Crippen LogP contribution in [-0.2, 0) is 28.6 Å². The van der Waals surface area contributed by atoms with E-state index in [9.17, 15) is 14.4 Å². The van der Waals surface area contributed by atoms with Crippen molar-refractivity contribution < 1.29 is 28.6 Å². The Hall–Kier alpha value is -2.11. The highest BCUT2D eigenvalue weighted by molar-refractivity contribution is 5.71. The van der Waals surface area contributed by atoms with Gasteiger partial charge >= 0.3 is 17.9 Å². The second-order valence-corrected chi connectivity index (χ2v) is 24.5. The van der Waals surface area contributed by atoms with E-state index in [0.29, 0.717) is 19.3 Å². The van der Waals surface area contributed by atoms with E-state index in [1.165, 1.54) is 308 Å². The molecule has 0 N–H and O–H groups in total. The van der Waals surface area contributed by atoms with Crippen LogP contribution in [0.2, 0.25) is 0 Å². The zero-order valence-corrected chi connectivity index (χ0v) is 53.7. The van der Waals surface area contributed by atoms with Crippen molar-refractivity contribution in [2.45, 2.75) is 412 Å². The molecule has 0 aliphatic heterocycles. The summed E-state index contributed by atoms with van der Waals surface area (Å²) in [5, 5.41) is 0. The quantitative estimate of drug-likeness (QED) is 0.0261. The van der Waals surface area contributed by atoms with Crippen molar-refractivity contribution in [1.82, 2.24) is 0 Å². The van der Waals surface area contributed by atoms with Crippen LogP contribution in [0.25, 0.3) is 0 Å². The van der Waals surface area contributed by atoms with Crippen LogP contribution in [0.4, 0.5) is 0 Å². The van der Waals surface area contributed by atoms with Gasteiger partial charge in [-0.05, 0) is 70.6 Å². The first-order valence-corrected chi connectivity index (χ1v) is 35.8. The number of unbranched alkanes of at least 4 members (excludes halogenated alkanes) is 52. The van der Waals surface area contributed by atoms with Crippen LogP contribution in [0.1, 0.15) is 406 Å². The van der Waals surface area contributed by atoms with Crippen LogP contribution in [-0.4, -0.2) is 37.2 Å². The molecule has 0 saturated carbocycles. The molecule has 0 aliphatic rings. The summed E-state index contributed by atoms with van der Waals surface area (Å²) in [5.41, 5.74) is 0. The fraction of sp³-hybridized carbons (Fsp3) is 0.904. The first-order valence-electron chi connectivity index (χ1n) is 35.8. The molecule has 0 fully saturated rings. The van der Waals surface area contributed by atoms with E-state index in [1.807, 2.05) is 0 Å². The molecule has 0 aliphatic carbocycles. The van der Waals surface area contributed by atoms with Crippen molar-refractivity contribution in [3.05, 3.63) is 24.3 Å².